The van der Waals surface area contributed by atoms with E-state index in [0.717, 1.165) is 0 Å². The molecule has 0 fully saturated rings. The highest BCUT2D eigenvalue weighted by atomic mass is 15.5. The zero-order chi connectivity index (χ0) is 12.3. The number of anilines is 2. The fraction of sp³-hybridized carbons (Fsp3) is 0.375. The molecule has 0 atom stereocenters. The van der Waals surface area contributed by atoms with Crippen molar-refractivity contribution in [2.24, 2.45) is 0 Å². The van der Waals surface area contributed by atoms with Crippen LogP contribution in [0.15, 0.2) is 12.7 Å². The molecule has 2 heterocycles. The second-order valence-electron chi connectivity index (χ2n) is 3.38. The minimum Gasteiger partial charge on any atom is -0.357 e. The summed E-state index contributed by atoms with van der Waals surface area (Å²) in [7, 11) is 5.43. The summed E-state index contributed by atoms with van der Waals surface area (Å²) in [5.41, 5.74) is 2.95. The van der Waals surface area contributed by atoms with Crippen LogP contribution in [0.1, 0.15) is 0 Å². The van der Waals surface area contributed by atoms with Crippen LogP contribution in [0.5, 0.6) is 0 Å². The largest absolute Gasteiger partial charge is 0.357 e. The first kappa shape index (κ1) is 11.2. The van der Waals surface area contributed by atoms with Gasteiger partial charge >= 0.3 is 0 Å². The number of hydrogen-bond donors (Lipinski definition) is 2. The van der Waals surface area contributed by atoms with E-state index in [4.69, 9.17) is 0 Å². The van der Waals surface area contributed by atoms with Gasteiger partial charge in [0.05, 0.1) is 0 Å². The number of hydrogen-bond acceptors (Lipinski definition) is 8. The van der Waals surface area contributed by atoms with Crippen LogP contribution in [-0.4, -0.2) is 55.9 Å². The Bertz CT molecular complexity index is 478. The number of aromatic nitrogens is 6. The molecule has 90 valence electrons. The molecule has 2 aromatic rings. The molecule has 17 heavy (non-hydrogen) atoms. The molecule has 0 aliphatic carbocycles. The van der Waals surface area contributed by atoms with Crippen LogP contribution in [0.2, 0.25) is 0 Å². The van der Waals surface area contributed by atoms with Crippen molar-refractivity contribution in [1.29, 1.82) is 0 Å². The Kier molecular flexibility index (Phi) is 3.10. The highest BCUT2D eigenvalue weighted by Gasteiger charge is 2.08. The molecule has 0 saturated heterocycles. The van der Waals surface area contributed by atoms with Crippen LogP contribution in [0.3, 0.4) is 0 Å². The van der Waals surface area contributed by atoms with E-state index in [1.807, 2.05) is 14.1 Å². The van der Waals surface area contributed by atoms with E-state index in [-0.39, 0.29) is 0 Å². The van der Waals surface area contributed by atoms with Crippen molar-refractivity contribution in [2.75, 3.05) is 31.9 Å². The topological polar surface area (TPSA) is 96.7 Å². The highest BCUT2D eigenvalue weighted by molar-refractivity contribution is 5.36. The van der Waals surface area contributed by atoms with Gasteiger partial charge in [-0.1, -0.05) is 0 Å². The van der Waals surface area contributed by atoms with Crippen molar-refractivity contribution < 1.29 is 0 Å². The SMILES string of the molecule is CNc1nc(NN(C)C)nc(-n2cncn2)n1. The predicted octanol–water partition coefficient (Wildman–Crippen LogP) is -0.618. The van der Waals surface area contributed by atoms with Gasteiger partial charge in [0.15, 0.2) is 0 Å². The highest BCUT2D eigenvalue weighted by Crippen LogP contribution is 2.07. The molecule has 0 unspecified atom stereocenters. The maximum Gasteiger partial charge on any atom is 0.258 e. The Hall–Kier alpha value is -2.29. The minimum atomic E-state index is 0.395. The number of nitrogens with zero attached hydrogens (tertiary/aromatic N) is 7. The van der Waals surface area contributed by atoms with Gasteiger partial charge in [-0.05, 0) is 0 Å². The summed E-state index contributed by atoms with van der Waals surface area (Å²) in [6, 6.07) is 0. The van der Waals surface area contributed by atoms with Crippen LogP contribution >= 0.6 is 0 Å². The zero-order valence-electron chi connectivity index (χ0n) is 9.79. The van der Waals surface area contributed by atoms with Gasteiger partial charge in [-0.15, -0.1) is 0 Å². The van der Waals surface area contributed by atoms with Gasteiger partial charge in [-0.3, -0.25) is 5.43 Å². The monoisotopic (exact) mass is 235 g/mol. The predicted molar refractivity (Wildman–Crippen MR) is 61.6 cm³/mol. The van der Waals surface area contributed by atoms with Gasteiger partial charge in [0.2, 0.25) is 11.9 Å². The summed E-state index contributed by atoms with van der Waals surface area (Å²) in [6.45, 7) is 0. The van der Waals surface area contributed by atoms with Gasteiger partial charge < -0.3 is 5.32 Å². The van der Waals surface area contributed by atoms with Crippen molar-refractivity contribution in [1.82, 2.24) is 34.7 Å². The normalized spacial score (nSPS) is 10.6. The molecular formula is C8H13N9. The second kappa shape index (κ2) is 4.70. The van der Waals surface area contributed by atoms with E-state index < -0.39 is 0 Å². The lowest BCUT2D eigenvalue weighted by atomic mass is 10.8. The summed E-state index contributed by atoms with van der Waals surface area (Å²) in [5, 5.41) is 8.56. The molecule has 2 aromatic heterocycles. The molecule has 9 nitrogen and oxygen atoms in total. The third-order valence-electron chi connectivity index (χ3n) is 1.79. The number of hydrazine groups is 1. The van der Waals surface area contributed by atoms with Crippen LogP contribution in [0.4, 0.5) is 11.9 Å². The summed E-state index contributed by atoms with van der Waals surface area (Å²) >= 11 is 0. The first-order valence-corrected chi connectivity index (χ1v) is 4.92. The van der Waals surface area contributed by atoms with Crippen molar-refractivity contribution in [2.45, 2.75) is 0 Å². The lowest BCUT2D eigenvalue weighted by Crippen LogP contribution is -2.22. The number of nitrogens with one attached hydrogen (secondary N) is 2. The van der Waals surface area contributed by atoms with E-state index in [1.165, 1.54) is 17.3 Å². The van der Waals surface area contributed by atoms with Crippen LogP contribution in [-0.2, 0) is 0 Å². The molecule has 0 saturated carbocycles. The first-order chi connectivity index (χ1) is 8.19. The third-order valence-corrected chi connectivity index (χ3v) is 1.79. The maximum atomic E-state index is 4.21. The summed E-state index contributed by atoms with van der Waals surface area (Å²) in [4.78, 5) is 16.4. The minimum absolute atomic E-state index is 0.395. The molecule has 0 amide bonds. The average Bonchev–Trinajstić information content (AvgIpc) is 2.81. The average molecular weight is 235 g/mol. The van der Waals surface area contributed by atoms with Gasteiger partial charge in [0, 0.05) is 21.1 Å². The van der Waals surface area contributed by atoms with E-state index >= 15 is 0 Å². The van der Waals surface area contributed by atoms with Crippen LogP contribution in [0.25, 0.3) is 5.95 Å². The molecule has 0 aliphatic rings. The quantitative estimate of drug-likeness (QED) is 0.677. The smallest absolute Gasteiger partial charge is 0.258 e. The molecule has 0 aromatic carbocycles. The molecule has 0 radical (unpaired) electrons. The summed E-state index contributed by atoms with van der Waals surface area (Å²) in [5.74, 6) is 1.28. The lowest BCUT2D eigenvalue weighted by Gasteiger charge is -2.12. The molecule has 2 N–H and O–H groups in total. The van der Waals surface area contributed by atoms with E-state index in [0.29, 0.717) is 17.8 Å². The van der Waals surface area contributed by atoms with Crippen molar-refractivity contribution in [3.63, 3.8) is 0 Å². The Morgan fingerprint density at radius 3 is 2.53 bits per heavy atom. The van der Waals surface area contributed by atoms with Gasteiger partial charge in [0.1, 0.15) is 12.7 Å². The third kappa shape index (κ3) is 2.64. The van der Waals surface area contributed by atoms with Gasteiger partial charge in [-0.2, -0.15) is 24.7 Å². The molecule has 0 aliphatic heterocycles. The zero-order valence-corrected chi connectivity index (χ0v) is 9.79. The molecule has 9 heteroatoms. The lowest BCUT2D eigenvalue weighted by molar-refractivity contribution is 0.488. The number of rotatable bonds is 4. The van der Waals surface area contributed by atoms with Gasteiger partial charge in [0.25, 0.3) is 5.95 Å². The van der Waals surface area contributed by atoms with Crippen LogP contribution < -0.4 is 10.7 Å². The molecule has 0 bridgehead atoms. The maximum absolute atomic E-state index is 4.21. The fourth-order valence-electron chi connectivity index (χ4n) is 1.14. The molecular weight excluding hydrogens is 222 g/mol. The van der Waals surface area contributed by atoms with Crippen molar-refractivity contribution in [3.8, 4) is 5.95 Å². The standard InChI is InChI=1S/C8H13N9/c1-9-6-12-7(15-16(2)3)14-8(13-6)17-5-10-4-11-17/h4-5H,1-3H3,(H2,9,12,13,14,15). The molecule has 2 rings (SSSR count). The van der Waals surface area contributed by atoms with E-state index in [9.17, 15) is 0 Å². The van der Waals surface area contributed by atoms with E-state index in [1.54, 1.807) is 12.1 Å². The van der Waals surface area contributed by atoms with Crippen molar-refractivity contribution in [3.05, 3.63) is 12.7 Å². The van der Waals surface area contributed by atoms with E-state index in [2.05, 4.69) is 35.8 Å². The first-order valence-electron chi connectivity index (χ1n) is 4.92. The Morgan fingerprint density at radius 1 is 1.18 bits per heavy atom. The van der Waals surface area contributed by atoms with Crippen LogP contribution in [0, 0.1) is 0 Å². The summed E-state index contributed by atoms with van der Waals surface area (Å²) in [6.07, 6.45) is 2.94. The fourth-order valence-corrected chi connectivity index (χ4v) is 1.14. The molecule has 0 spiro atoms. The second-order valence-corrected chi connectivity index (χ2v) is 3.38. The van der Waals surface area contributed by atoms with Crippen molar-refractivity contribution >= 4 is 11.9 Å². The Balaban J connectivity index is 2.38. The summed E-state index contributed by atoms with van der Waals surface area (Å²) < 4.78 is 1.46. The Labute approximate surface area is 97.9 Å². The Morgan fingerprint density at radius 2 is 1.94 bits per heavy atom. The van der Waals surface area contributed by atoms with Gasteiger partial charge in [-0.25, -0.2) is 9.99 Å².